The Labute approximate surface area is 299 Å². The van der Waals surface area contributed by atoms with Crippen LogP contribution in [0.4, 0.5) is 0 Å². The Kier molecular flexibility index (Phi) is 13.5. The molecule has 264 valence electrons. The summed E-state index contributed by atoms with van der Waals surface area (Å²) in [5, 5.41) is 11.7. The molecule has 6 rings (SSSR count). The lowest BCUT2D eigenvalue weighted by atomic mass is 9.91. The van der Waals surface area contributed by atoms with E-state index in [0.29, 0.717) is 6.61 Å². The number of hydrogen-bond acceptors (Lipinski definition) is 8. The fourth-order valence-corrected chi connectivity index (χ4v) is 6.03. The second-order valence-corrected chi connectivity index (χ2v) is 12.5. The highest BCUT2D eigenvalue weighted by Gasteiger charge is 2.52. The molecule has 1 aliphatic heterocycles. The maximum absolute atomic E-state index is 13.5. The zero-order valence-electron chi connectivity index (χ0n) is 28.4. The molecule has 0 saturated carbocycles. The number of aliphatic hydroxyl groups is 1. The van der Waals surface area contributed by atoms with Crippen LogP contribution in [0.5, 0.6) is 0 Å². The molecule has 6 atom stereocenters. The molecule has 0 amide bonds. The smallest absolute Gasteiger partial charge is 0.338 e. The van der Waals surface area contributed by atoms with E-state index in [9.17, 15) is 9.90 Å². The Morgan fingerprint density at radius 3 is 1.33 bits per heavy atom. The first-order chi connectivity index (χ1) is 25.1. The van der Waals surface area contributed by atoms with Crippen LogP contribution < -0.4 is 0 Å². The third-order valence-corrected chi connectivity index (χ3v) is 8.70. The average Bonchev–Trinajstić information content (AvgIpc) is 3.19. The van der Waals surface area contributed by atoms with E-state index in [1.807, 2.05) is 152 Å². The third kappa shape index (κ3) is 10.7. The van der Waals surface area contributed by atoms with E-state index in [2.05, 4.69) is 0 Å². The van der Waals surface area contributed by atoms with Crippen LogP contribution >= 0.6 is 0 Å². The molecule has 1 fully saturated rings. The highest BCUT2D eigenvalue weighted by Crippen LogP contribution is 2.33. The molecule has 1 saturated heterocycles. The second-order valence-electron chi connectivity index (χ2n) is 12.5. The van der Waals surface area contributed by atoms with Gasteiger partial charge in [0.2, 0.25) is 0 Å². The zero-order chi connectivity index (χ0) is 35.1. The van der Waals surface area contributed by atoms with Gasteiger partial charge in [-0.05, 0) is 27.8 Å². The fraction of sp³-hybridized carbons (Fsp3) is 0.279. The minimum Gasteiger partial charge on any atom is -0.459 e. The normalized spacial score (nSPS) is 20.8. The number of rotatable bonds is 17. The van der Waals surface area contributed by atoms with E-state index in [1.165, 1.54) is 0 Å². The van der Waals surface area contributed by atoms with Crippen molar-refractivity contribution in [3.05, 3.63) is 179 Å². The number of benzene rings is 5. The topological polar surface area (TPSA) is 92.7 Å². The van der Waals surface area contributed by atoms with Crippen molar-refractivity contribution in [1.29, 1.82) is 0 Å². The summed E-state index contributed by atoms with van der Waals surface area (Å²) in [7, 11) is 0. The van der Waals surface area contributed by atoms with Crippen LogP contribution in [0.1, 0.15) is 27.8 Å². The molecule has 1 N–H and O–H groups in total. The lowest BCUT2D eigenvalue weighted by Crippen LogP contribution is -2.64. The van der Waals surface area contributed by atoms with Crippen LogP contribution in [-0.4, -0.2) is 54.3 Å². The van der Waals surface area contributed by atoms with E-state index in [1.54, 1.807) is 0 Å². The van der Waals surface area contributed by atoms with Crippen LogP contribution in [-0.2, 0) is 66.3 Å². The average molecular weight is 689 g/mol. The second kappa shape index (κ2) is 19.1. The van der Waals surface area contributed by atoms with Gasteiger partial charge in [0.25, 0.3) is 0 Å². The van der Waals surface area contributed by atoms with Gasteiger partial charge in [0.05, 0.1) is 33.0 Å². The Morgan fingerprint density at radius 1 is 0.510 bits per heavy atom. The summed E-state index contributed by atoms with van der Waals surface area (Å²) >= 11 is 0. The van der Waals surface area contributed by atoms with Gasteiger partial charge in [0, 0.05) is 0 Å². The number of aliphatic hydroxyl groups excluding tert-OH is 1. The van der Waals surface area contributed by atoms with Crippen molar-refractivity contribution in [2.75, 3.05) is 6.61 Å². The van der Waals surface area contributed by atoms with E-state index < -0.39 is 42.6 Å². The zero-order valence-corrected chi connectivity index (χ0v) is 28.4. The Morgan fingerprint density at radius 2 is 0.882 bits per heavy atom. The van der Waals surface area contributed by atoms with E-state index in [4.69, 9.17) is 28.4 Å². The van der Waals surface area contributed by atoms with Crippen molar-refractivity contribution in [3.8, 4) is 0 Å². The van der Waals surface area contributed by atoms with E-state index >= 15 is 0 Å². The summed E-state index contributed by atoms with van der Waals surface area (Å²) in [4.78, 5) is 13.5. The first-order valence-electron chi connectivity index (χ1n) is 17.3. The Bertz CT molecular complexity index is 1710. The van der Waals surface area contributed by atoms with Crippen LogP contribution in [0.25, 0.3) is 0 Å². The first-order valence-corrected chi connectivity index (χ1v) is 17.3. The number of esters is 1. The van der Waals surface area contributed by atoms with Gasteiger partial charge in [-0.15, -0.1) is 0 Å². The predicted octanol–water partition coefficient (Wildman–Crippen LogP) is 6.83. The summed E-state index contributed by atoms with van der Waals surface area (Å²) in [6.07, 6.45) is -6.01. The lowest BCUT2D eigenvalue weighted by molar-refractivity contribution is -0.286. The van der Waals surface area contributed by atoms with Crippen molar-refractivity contribution >= 4 is 5.97 Å². The molecule has 1 aliphatic rings. The van der Waals surface area contributed by atoms with Crippen LogP contribution in [0.15, 0.2) is 152 Å². The molecule has 0 radical (unpaired) electrons. The third-order valence-electron chi connectivity index (χ3n) is 8.70. The van der Waals surface area contributed by atoms with Gasteiger partial charge in [-0.25, -0.2) is 4.79 Å². The number of ether oxygens (including phenoxy) is 6. The summed E-state index contributed by atoms with van der Waals surface area (Å²) in [5.74, 6) is -0.827. The molecule has 5 aromatic rings. The molecule has 0 aromatic heterocycles. The standard InChI is InChI=1S/C43H44O8/c44-38(43(45)50-30-36-24-14-5-15-25-36)40-42(49-29-35-22-12-4-13-23-35)41(48-28-34-20-10-3-11-21-34)39(47-27-33-18-8-2-9-19-33)37(51-40)31-46-26-32-16-6-1-7-17-32/h1-25,37-42,44H,26-31H2/t37-,38+,39-,40+,41+,42+/m1/s1. The fourth-order valence-electron chi connectivity index (χ4n) is 6.03. The van der Waals surface area contributed by atoms with Gasteiger partial charge < -0.3 is 33.5 Å². The SMILES string of the molecule is O=C(OCc1ccccc1)[C@@H](O)[C@@H]1O[C@H](COCc2ccccc2)[C@@H](OCc2ccccc2)[C@H](OCc2ccccc2)[C@H]1OCc1ccccc1. The largest absolute Gasteiger partial charge is 0.459 e. The summed E-state index contributed by atoms with van der Waals surface area (Å²) in [5.41, 5.74) is 4.62. The Balaban J connectivity index is 1.31. The van der Waals surface area contributed by atoms with Crippen molar-refractivity contribution in [3.63, 3.8) is 0 Å². The lowest BCUT2D eigenvalue weighted by Gasteiger charge is -2.47. The molecule has 5 aromatic carbocycles. The minimum atomic E-state index is -1.69. The minimum absolute atomic E-state index is 0.000640. The number of carbonyl (C=O) groups is 1. The van der Waals surface area contributed by atoms with Gasteiger partial charge in [0.15, 0.2) is 6.10 Å². The van der Waals surface area contributed by atoms with Gasteiger partial charge in [-0.2, -0.15) is 0 Å². The maximum atomic E-state index is 13.5. The van der Waals surface area contributed by atoms with Crippen molar-refractivity contribution in [2.24, 2.45) is 0 Å². The maximum Gasteiger partial charge on any atom is 0.338 e. The predicted molar refractivity (Wildman–Crippen MR) is 192 cm³/mol. The molecule has 0 aliphatic carbocycles. The number of hydrogen-bond donors (Lipinski definition) is 1. The summed E-state index contributed by atoms with van der Waals surface area (Å²) in [6, 6.07) is 48.5. The molecule has 0 unspecified atom stereocenters. The van der Waals surface area contributed by atoms with Crippen LogP contribution in [0, 0.1) is 0 Å². The van der Waals surface area contributed by atoms with Crippen LogP contribution in [0.3, 0.4) is 0 Å². The van der Waals surface area contributed by atoms with Gasteiger partial charge >= 0.3 is 5.97 Å². The summed E-state index contributed by atoms with van der Waals surface area (Å²) < 4.78 is 38.4. The van der Waals surface area contributed by atoms with Gasteiger partial charge in [-0.1, -0.05) is 152 Å². The molecule has 0 spiro atoms. The molecular formula is C43H44O8. The highest BCUT2D eigenvalue weighted by atomic mass is 16.6. The molecule has 8 nitrogen and oxygen atoms in total. The van der Waals surface area contributed by atoms with E-state index in [-0.39, 0.29) is 33.0 Å². The molecule has 51 heavy (non-hydrogen) atoms. The van der Waals surface area contributed by atoms with Crippen molar-refractivity contribution in [2.45, 2.75) is 69.7 Å². The van der Waals surface area contributed by atoms with Crippen molar-refractivity contribution < 1.29 is 38.3 Å². The molecule has 8 heteroatoms. The van der Waals surface area contributed by atoms with Gasteiger partial charge in [-0.3, -0.25) is 0 Å². The quantitative estimate of drug-likeness (QED) is 0.106. The highest BCUT2D eigenvalue weighted by molar-refractivity contribution is 5.75. The molecular weight excluding hydrogens is 644 g/mol. The number of carbonyl (C=O) groups excluding carboxylic acids is 1. The van der Waals surface area contributed by atoms with Crippen LogP contribution in [0.2, 0.25) is 0 Å². The Hall–Kier alpha value is -4.67. The molecule has 0 bridgehead atoms. The summed E-state index contributed by atoms with van der Waals surface area (Å²) in [6.45, 7) is 1.13. The van der Waals surface area contributed by atoms with Gasteiger partial charge in [0.1, 0.15) is 37.1 Å². The van der Waals surface area contributed by atoms with E-state index in [0.717, 1.165) is 27.8 Å². The van der Waals surface area contributed by atoms with Crippen molar-refractivity contribution in [1.82, 2.24) is 0 Å². The monoisotopic (exact) mass is 688 g/mol. The first kappa shape index (κ1) is 36.1. The molecule has 1 heterocycles.